The molecule has 0 aromatic heterocycles. The second-order valence-corrected chi connectivity index (χ2v) is 13.8. The van der Waals surface area contributed by atoms with Gasteiger partial charge >= 0.3 is 0 Å². The molecule has 1 saturated carbocycles. The molecule has 2 aliphatic carbocycles. The fraction of sp³-hybridized carbons (Fsp3) is 0.250. The van der Waals surface area contributed by atoms with Crippen LogP contribution in [0.1, 0.15) is 57.1 Å². The molecular formula is C48H52N2. The number of nitrogens with zero attached hydrogens (tertiary/aromatic N) is 2. The summed E-state index contributed by atoms with van der Waals surface area (Å²) < 4.78 is 0. The molecule has 5 aromatic rings. The molecule has 2 nitrogen and oxygen atoms in total. The molecule has 7 rings (SSSR count). The minimum atomic E-state index is 0.0295. The van der Waals surface area contributed by atoms with Crippen LogP contribution in [-0.2, 0) is 0 Å². The first-order chi connectivity index (χ1) is 24.5. The summed E-state index contributed by atoms with van der Waals surface area (Å²) in [7, 11) is 2.18. The average molecular weight is 657 g/mol. The summed E-state index contributed by atoms with van der Waals surface area (Å²) in [6, 6.07) is 37.4. The number of rotatable bonds is 11. The first-order valence-corrected chi connectivity index (χ1v) is 18.4. The molecule has 3 atom stereocenters. The lowest BCUT2D eigenvalue weighted by molar-refractivity contribution is 0.267. The molecule has 0 amide bonds. The number of hydrogen-bond donors (Lipinski definition) is 0. The van der Waals surface area contributed by atoms with Gasteiger partial charge in [-0.05, 0) is 105 Å². The van der Waals surface area contributed by atoms with Gasteiger partial charge in [0.1, 0.15) is 0 Å². The number of allylic oxidation sites excluding steroid dienone is 2. The summed E-state index contributed by atoms with van der Waals surface area (Å²) in [4.78, 5) is 4.91. The first-order valence-electron chi connectivity index (χ1n) is 18.4. The minimum absolute atomic E-state index is 0.0295. The highest BCUT2D eigenvalue weighted by Crippen LogP contribution is 2.60. The van der Waals surface area contributed by atoms with Crippen LogP contribution in [0, 0.1) is 5.92 Å². The maximum Gasteiger partial charge on any atom is 0.0659 e. The lowest BCUT2D eigenvalue weighted by atomic mass is 9.92. The van der Waals surface area contributed by atoms with Crippen LogP contribution in [0.2, 0.25) is 0 Å². The summed E-state index contributed by atoms with van der Waals surface area (Å²) in [6.45, 7) is 12.4. The van der Waals surface area contributed by atoms with E-state index in [0.29, 0.717) is 11.8 Å². The van der Waals surface area contributed by atoms with Crippen molar-refractivity contribution in [1.82, 2.24) is 4.90 Å². The van der Waals surface area contributed by atoms with Crippen molar-refractivity contribution in [2.75, 3.05) is 25.0 Å². The molecule has 5 aromatic carbocycles. The van der Waals surface area contributed by atoms with Crippen LogP contribution in [0.4, 0.5) is 5.69 Å². The fourth-order valence-electron chi connectivity index (χ4n) is 7.28. The highest BCUT2D eigenvalue weighted by Gasteiger charge is 2.58. The first kappa shape index (κ1) is 34.8. The Morgan fingerprint density at radius 3 is 2.26 bits per heavy atom. The molecule has 2 aliphatic rings. The number of fused-ring (bicyclic) bond motifs is 5. The van der Waals surface area contributed by atoms with Crippen molar-refractivity contribution in [1.29, 1.82) is 0 Å². The van der Waals surface area contributed by atoms with Crippen LogP contribution in [-0.4, -0.2) is 30.6 Å². The third-order valence-corrected chi connectivity index (χ3v) is 10.2. The van der Waals surface area contributed by atoms with E-state index in [2.05, 4.69) is 202 Å². The van der Waals surface area contributed by atoms with E-state index in [1.165, 1.54) is 55.2 Å². The zero-order chi connectivity index (χ0) is 34.9. The van der Waals surface area contributed by atoms with Gasteiger partial charge < -0.3 is 9.80 Å². The van der Waals surface area contributed by atoms with Crippen LogP contribution in [0.5, 0.6) is 0 Å². The second-order valence-electron chi connectivity index (χ2n) is 13.8. The van der Waals surface area contributed by atoms with Gasteiger partial charge in [-0.3, -0.25) is 0 Å². The minimum Gasteiger partial charge on any atom is -0.371 e. The molecule has 1 fully saturated rings. The molecule has 254 valence electrons. The van der Waals surface area contributed by atoms with Crippen molar-refractivity contribution in [3.63, 3.8) is 0 Å². The monoisotopic (exact) mass is 656 g/mol. The molecule has 0 heterocycles. The van der Waals surface area contributed by atoms with Crippen LogP contribution < -0.4 is 15.3 Å². The molecule has 0 N–H and O–H groups in total. The summed E-state index contributed by atoms with van der Waals surface area (Å²) in [5.41, 5.74) is 4.10. The van der Waals surface area contributed by atoms with Crippen molar-refractivity contribution >= 4 is 45.5 Å². The van der Waals surface area contributed by atoms with Crippen molar-refractivity contribution in [3.8, 4) is 0 Å². The smallest absolute Gasteiger partial charge is 0.0659 e. The third kappa shape index (κ3) is 7.71. The van der Waals surface area contributed by atoms with Crippen LogP contribution in [0.3, 0.4) is 0 Å². The molecular weight excluding hydrogens is 605 g/mol. The third-order valence-electron chi connectivity index (χ3n) is 10.2. The SMILES string of the molecule is C=CC(C/C=C\CN(C)c1ccc2cc3ccccc3cc2c1)CN(/C=C/C=c1/cccc/c1=C/C)C12C=Cc3ccccc3C1C2.CCC. The lowest BCUT2D eigenvalue weighted by Gasteiger charge is -2.34. The van der Waals surface area contributed by atoms with E-state index < -0.39 is 0 Å². The number of hydrogen-bond acceptors (Lipinski definition) is 2. The second kappa shape index (κ2) is 16.1. The topological polar surface area (TPSA) is 6.48 Å². The molecule has 50 heavy (non-hydrogen) atoms. The Balaban J connectivity index is 0.00000139. The van der Waals surface area contributed by atoms with Crippen LogP contribution in [0.15, 0.2) is 146 Å². The number of anilines is 1. The predicted molar refractivity (Wildman–Crippen MR) is 220 cm³/mol. The zero-order valence-electron chi connectivity index (χ0n) is 30.3. The summed E-state index contributed by atoms with van der Waals surface area (Å²) in [6.07, 6.45) is 23.9. The van der Waals surface area contributed by atoms with E-state index in [-0.39, 0.29) is 5.54 Å². The Morgan fingerprint density at radius 1 is 0.820 bits per heavy atom. The van der Waals surface area contributed by atoms with Crippen molar-refractivity contribution in [2.24, 2.45) is 5.92 Å². The molecule has 3 unspecified atom stereocenters. The van der Waals surface area contributed by atoms with Gasteiger partial charge in [0.05, 0.1) is 5.54 Å². The Kier molecular flexibility index (Phi) is 11.2. The maximum atomic E-state index is 4.27. The van der Waals surface area contributed by atoms with Gasteiger partial charge in [0.25, 0.3) is 0 Å². The van der Waals surface area contributed by atoms with Gasteiger partial charge in [-0.2, -0.15) is 0 Å². The van der Waals surface area contributed by atoms with E-state index in [1.54, 1.807) is 0 Å². The number of likely N-dealkylation sites (N-methyl/N-ethyl adjacent to an activating group) is 1. The largest absolute Gasteiger partial charge is 0.371 e. The van der Waals surface area contributed by atoms with Crippen LogP contribution in [0.25, 0.3) is 39.8 Å². The normalized spacial score (nSPS) is 18.9. The Morgan fingerprint density at radius 2 is 1.50 bits per heavy atom. The number of benzene rings is 5. The Labute approximate surface area is 299 Å². The van der Waals surface area contributed by atoms with Gasteiger partial charge in [-0.25, -0.2) is 0 Å². The van der Waals surface area contributed by atoms with Gasteiger partial charge in [0.15, 0.2) is 0 Å². The Hall–Kier alpha value is -5.08. The summed E-state index contributed by atoms with van der Waals surface area (Å²) in [5, 5.41) is 7.63. The van der Waals surface area contributed by atoms with Crippen molar-refractivity contribution in [3.05, 3.63) is 168 Å². The van der Waals surface area contributed by atoms with Crippen molar-refractivity contribution < 1.29 is 0 Å². The Bertz CT molecular complexity index is 2150. The maximum absolute atomic E-state index is 4.27. The van der Waals surface area contributed by atoms with E-state index in [9.17, 15) is 0 Å². The molecule has 0 spiro atoms. The highest BCUT2D eigenvalue weighted by atomic mass is 15.2. The van der Waals surface area contributed by atoms with E-state index >= 15 is 0 Å². The van der Waals surface area contributed by atoms with E-state index in [1.807, 2.05) is 0 Å². The summed E-state index contributed by atoms with van der Waals surface area (Å²) >= 11 is 0. The van der Waals surface area contributed by atoms with E-state index in [4.69, 9.17) is 0 Å². The molecule has 2 heteroatoms. The van der Waals surface area contributed by atoms with E-state index in [0.717, 1.165) is 25.9 Å². The zero-order valence-corrected chi connectivity index (χ0v) is 30.3. The predicted octanol–water partition coefficient (Wildman–Crippen LogP) is 10.6. The lowest BCUT2D eigenvalue weighted by Crippen LogP contribution is -2.37. The molecule has 0 radical (unpaired) electrons. The van der Waals surface area contributed by atoms with Gasteiger partial charge in [-0.1, -0.05) is 142 Å². The molecule has 0 bridgehead atoms. The highest BCUT2D eigenvalue weighted by molar-refractivity contribution is 5.99. The molecule has 0 aliphatic heterocycles. The van der Waals surface area contributed by atoms with Crippen molar-refractivity contribution in [2.45, 2.75) is 51.5 Å². The van der Waals surface area contributed by atoms with Gasteiger partial charge in [-0.15, -0.1) is 6.58 Å². The fourth-order valence-corrected chi connectivity index (χ4v) is 7.28. The van der Waals surface area contributed by atoms with Gasteiger partial charge in [0, 0.05) is 31.7 Å². The average Bonchev–Trinajstić information content (AvgIpc) is 3.91. The standard InChI is InChI=1S/C45H44N2.C3H8/c1-4-34(15-12-13-27-46(3)42-24-23-40-29-38-19-8-9-20-39(38)30-41(40)31-42)33-47(28-14-21-36-17-7-6-16-35(36)5-2)45-26-25-37-18-10-11-22-43(37)44(45)32-45;1-3-2/h4-14,16-26,28-31,34,44H,1,15,27,32-33H2,2-3H3;3H2,1-2H3/b13-12-,28-14+,35-5-,36-21-;. The molecule has 0 saturated heterocycles. The van der Waals surface area contributed by atoms with Gasteiger partial charge in [0.2, 0.25) is 0 Å². The quantitative estimate of drug-likeness (QED) is 0.103. The van der Waals surface area contributed by atoms with Crippen LogP contribution >= 0.6 is 0 Å². The summed E-state index contributed by atoms with van der Waals surface area (Å²) in [5.74, 6) is 0.867.